The zero-order valence-corrected chi connectivity index (χ0v) is 20.9. The van der Waals surface area contributed by atoms with Crippen LogP contribution < -0.4 is 19.5 Å². The summed E-state index contributed by atoms with van der Waals surface area (Å²) in [4.78, 5) is 17.5. The number of nitrogens with one attached hydrogen (secondary N) is 1. The van der Waals surface area contributed by atoms with Gasteiger partial charge in [-0.15, -0.1) is 0 Å². The molecule has 0 aliphatic heterocycles. The Balaban J connectivity index is 1.84. The Kier molecular flexibility index (Phi) is 9.08. The Bertz CT molecular complexity index is 1230. The number of amides is 1. The average molecular weight is 519 g/mol. The third-order valence-electron chi connectivity index (χ3n) is 5.65. The van der Waals surface area contributed by atoms with Crippen molar-refractivity contribution < 1.29 is 33.6 Å². The van der Waals surface area contributed by atoms with Crippen LogP contribution in [0.15, 0.2) is 48.5 Å². The summed E-state index contributed by atoms with van der Waals surface area (Å²) in [5, 5.41) is 22.0. The quantitative estimate of drug-likeness (QED) is 0.355. The number of hydrogen-bond donors (Lipinski definition) is 3. The number of benzene rings is 2. The monoisotopic (exact) mass is 518 g/mol. The van der Waals surface area contributed by atoms with E-state index in [0.717, 1.165) is 0 Å². The summed E-state index contributed by atoms with van der Waals surface area (Å²) in [7, 11) is 2.94. The van der Waals surface area contributed by atoms with Crippen LogP contribution in [0.5, 0.6) is 17.2 Å². The van der Waals surface area contributed by atoms with E-state index < -0.39 is 11.2 Å². The van der Waals surface area contributed by atoms with E-state index in [9.17, 15) is 14.3 Å². The second-order valence-electron chi connectivity index (χ2n) is 8.22. The van der Waals surface area contributed by atoms with Gasteiger partial charge in [0.25, 0.3) is 5.91 Å². The number of halogens is 2. The van der Waals surface area contributed by atoms with Crippen LogP contribution >= 0.6 is 11.6 Å². The van der Waals surface area contributed by atoms with Crippen LogP contribution in [0.1, 0.15) is 23.0 Å². The number of aliphatic hydroxyl groups excluding tert-OH is 2. The summed E-state index contributed by atoms with van der Waals surface area (Å²) < 4.78 is 29.8. The molecule has 36 heavy (non-hydrogen) atoms. The molecule has 0 saturated carbocycles. The van der Waals surface area contributed by atoms with Crippen LogP contribution in [-0.2, 0) is 5.41 Å². The first-order valence-electron chi connectivity index (χ1n) is 11.1. The van der Waals surface area contributed by atoms with Gasteiger partial charge in [-0.1, -0.05) is 18.5 Å². The minimum atomic E-state index is -0.950. The topological polar surface area (TPSA) is 110 Å². The van der Waals surface area contributed by atoms with Gasteiger partial charge in [0, 0.05) is 17.7 Å². The number of ether oxygens (including phenoxy) is 3. The van der Waals surface area contributed by atoms with Gasteiger partial charge in [0.15, 0.2) is 11.5 Å². The van der Waals surface area contributed by atoms with Gasteiger partial charge in [0.05, 0.1) is 43.6 Å². The summed E-state index contributed by atoms with van der Waals surface area (Å²) in [6, 6.07) is 12.3. The number of rotatable bonds is 11. The molecule has 3 aromatic rings. The molecule has 1 unspecified atom stereocenters. The highest BCUT2D eigenvalue weighted by Gasteiger charge is 2.30. The van der Waals surface area contributed by atoms with E-state index >= 15 is 0 Å². The minimum Gasteiger partial charge on any atom is -0.494 e. The third-order valence-corrected chi connectivity index (χ3v) is 5.94. The molecule has 0 saturated heterocycles. The lowest BCUT2D eigenvalue weighted by atomic mass is 9.86. The first-order chi connectivity index (χ1) is 17.3. The largest absolute Gasteiger partial charge is 0.494 e. The molecule has 0 aliphatic carbocycles. The zero-order valence-electron chi connectivity index (χ0n) is 20.2. The number of pyridine rings is 1. The molecule has 0 fully saturated rings. The first-order valence-corrected chi connectivity index (χ1v) is 11.5. The van der Waals surface area contributed by atoms with Crippen molar-refractivity contribution in [3.63, 3.8) is 0 Å². The summed E-state index contributed by atoms with van der Waals surface area (Å²) in [5.74, 6) is 0.254. The number of carbonyl (C=O) groups is 1. The van der Waals surface area contributed by atoms with Crippen molar-refractivity contribution in [1.82, 2.24) is 10.3 Å². The average Bonchev–Trinajstić information content (AvgIpc) is 2.91. The van der Waals surface area contributed by atoms with Crippen molar-refractivity contribution in [3.8, 4) is 28.5 Å². The van der Waals surface area contributed by atoms with E-state index in [4.69, 9.17) is 30.9 Å². The van der Waals surface area contributed by atoms with Crippen molar-refractivity contribution in [1.29, 1.82) is 0 Å². The van der Waals surface area contributed by atoms with Gasteiger partial charge in [-0.3, -0.25) is 4.79 Å². The number of methoxy groups -OCH3 is 2. The van der Waals surface area contributed by atoms with E-state index in [1.165, 1.54) is 38.5 Å². The predicted octanol–water partition coefficient (Wildman–Crippen LogP) is 3.61. The molecule has 0 radical (unpaired) electrons. The van der Waals surface area contributed by atoms with Crippen LogP contribution in [0.3, 0.4) is 0 Å². The normalized spacial score (nSPS) is 12.5. The zero-order chi connectivity index (χ0) is 26.3. The molecule has 1 amide bonds. The van der Waals surface area contributed by atoms with Crippen LogP contribution in [0, 0.1) is 5.82 Å². The van der Waals surface area contributed by atoms with Crippen LogP contribution in [0.2, 0.25) is 5.02 Å². The molecular formula is C26H28ClFN2O6. The summed E-state index contributed by atoms with van der Waals surface area (Å²) >= 11 is 5.96. The maximum atomic E-state index is 13.7. The molecule has 0 spiro atoms. The fourth-order valence-electron chi connectivity index (χ4n) is 3.49. The molecule has 3 N–H and O–H groups in total. The van der Waals surface area contributed by atoms with Crippen LogP contribution in [0.25, 0.3) is 11.3 Å². The van der Waals surface area contributed by atoms with Crippen LogP contribution in [-0.4, -0.2) is 61.7 Å². The van der Waals surface area contributed by atoms with Gasteiger partial charge in [-0.05, 0) is 48.5 Å². The van der Waals surface area contributed by atoms with E-state index in [-0.39, 0.29) is 37.3 Å². The highest BCUT2D eigenvalue weighted by molar-refractivity contribution is 6.31. The maximum Gasteiger partial charge on any atom is 0.251 e. The number of hydrogen-bond acceptors (Lipinski definition) is 7. The number of carbonyl (C=O) groups excluding carboxylic acids is 1. The van der Waals surface area contributed by atoms with Crippen molar-refractivity contribution in [3.05, 3.63) is 70.6 Å². The Morgan fingerprint density at radius 1 is 1.06 bits per heavy atom. The molecule has 192 valence electrons. The lowest BCUT2D eigenvalue weighted by Crippen LogP contribution is -2.42. The Morgan fingerprint density at radius 2 is 1.78 bits per heavy atom. The summed E-state index contributed by atoms with van der Waals surface area (Å²) in [5.41, 5.74) is 0.834. The predicted molar refractivity (Wildman–Crippen MR) is 134 cm³/mol. The van der Waals surface area contributed by atoms with E-state index in [2.05, 4.69) is 10.3 Å². The molecule has 1 aromatic heterocycles. The molecule has 0 bridgehead atoms. The van der Waals surface area contributed by atoms with E-state index in [0.29, 0.717) is 39.8 Å². The van der Waals surface area contributed by atoms with Crippen molar-refractivity contribution in [2.24, 2.45) is 0 Å². The van der Waals surface area contributed by atoms with Crippen molar-refractivity contribution in [2.45, 2.75) is 12.3 Å². The summed E-state index contributed by atoms with van der Waals surface area (Å²) in [6.07, 6.45) is 0. The fraction of sp³-hybridized carbons (Fsp3) is 0.308. The molecule has 0 aliphatic rings. The lowest BCUT2D eigenvalue weighted by Gasteiger charge is -2.28. The maximum absolute atomic E-state index is 13.7. The van der Waals surface area contributed by atoms with Crippen molar-refractivity contribution >= 4 is 17.5 Å². The molecule has 3 rings (SSSR count). The van der Waals surface area contributed by atoms with Gasteiger partial charge >= 0.3 is 0 Å². The molecule has 2 aromatic carbocycles. The lowest BCUT2D eigenvalue weighted by molar-refractivity contribution is 0.0932. The van der Waals surface area contributed by atoms with Gasteiger partial charge in [-0.2, -0.15) is 0 Å². The SMILES string of the molecule is COc1cc(C(=O)NCC(C)(CO)c2ccc(OC)c(-c3ccc(F)c(Cl)c3)n2)ccc1OCCO. The summed E-state index contributed by atoms with van der Waals surface area (Å²) in [6.45, 7) is 1.46. The number of nitrogens with zero attached hydrogens (tertiary/aromatic N) is 1. The standard InChI is InChI=1S/C26H28ClFN2O6/c1-26(15-32,14-29-25(33)17-5-7-20(36-11-10-31)22(13-17)35-3)23-9-8-21(34-2)24(30-23)16-4-6-19(28)18(27)12-16/h4-9,12-13,31-32H,10-11,14-15H2,1-3H3,(H,29,33). The number of aromatic nitrogens is 1. The highest BCUT2D eigenvalue weighted by atomic mass is 35.5. The van der Waals surface area contributed by atoms with Crippen molar-refractivity contribution in [2.75, 3.05) is 40.6 Å². The van der Waals surface area contributed by atoms with Gasteiger partial charge in [0.1, 0.15) is 23.9 Å². The molecule has 10 heteroatoms. The van der Waals surface area contributed by atoms with Gasteiger partial charge in [-0.25, -0.2) is 9.37 Å². The van der Waals surface area contributed by atoms with E-state index in [1.54, 1.807) is 31.2 Å². The Labute approximate surface area is 213 Å². The number of aliphatic hydroxyl groups is 2. The third kappa shape index (κ3) is 6.04. The van der Waals surface area contributed by atoms with E-state index in [1.807, 2.05) is 0 Å². The molecule has 8 nitrogen and oxygen atoms in total. The molecule has 1 heterocycles. The smallest absolute Gasteiger partial charge is 0.251 e. The molecule has 1 atom stereocenters. The molecular weight excluding hydrogens is 491 g/mol. The first kappa shape index (κ1) is 27.2. The minimum absolute atomic E-state index is 0.0536. The van der Waals surface area contributed by atoms with Crippen LogP contribution in [0.4, 0.5) is 4.39 Å². The second kappa shape index (κ2) is 12.0. The Hall–Kier alpha value is -3.40. The Morgan fingerprint density at radius 3 is 2.42 bits per heavy atom. The fourth-order valence-corrected chi connectivity index (χ4v) is 3.67. The second-order valence-corrected chi connectivity index (χ2v) is 8.62. The highest BCUT2D eigenvalue weighted by Crippen LogP contribution is 2.34. The van der Waals surface area contributed by atoms with Gasteiger partial charge in [0.2, 0.25) is 0 Å². The van der Waals surface area contributed by atoms with Gasteiger partial charge < -0.3 is 29.7 Å².